The molecule has 0 unspecified atom stereocenters. The molecule has 0 aliphatic rings. The van der Waals surface area contributed by atoms with Crippen LogP contribution in [0.25, 0.3) is 0 Å². The molecule has 0 fully saturated rings. The highest BCUT2D eigenvalue weighted by atomic mass is 79.9. The van der Waals surface area contributed by atoms with Crippen LogP contribution in [0.4, 0.5) is 0 Å². The van der Waals surface area contributed by atoms with Crippen LogP contribution in [-0.4, -0.2) is 10.2 Å². The number of halogens is 4. The van der Waals surface area contributed by atoms with Crippen LogP contribution in [0.1, 0.15) is 11.1 Å². The van der Waals surface area contributed by atoms with Gasteiger partial charge in [-0.1, -0.05) is 0 Å². The highest BCUT2D eigenvalue weighted by molar-refractivity contribution is 9.15. The number of hydrogen-bond donors (Lipinski definition) is 2. The lowest BCUT2D eigenvalue weighted by Gasteiger charge is -2.13. The standard InChI is InChI=1S/C8H6Br4O2/c9-5-3(1-13)4(2-14)6(10)8(12)7(5)11/h13-14H,1-2H2. The van der Waals surface area contributed by atoms with Crippen LogP contribution in [0.2, 0.25) is 0 Å². The minimum atomic E-state index is -0.124. The predicted octanol–water partition coefficient (Wildman–Crippen LogP) is 3.72. The van der Waals surface area contributed by atoms with Gasteiger partial charge in [0.1, 0.15) is 0 Å². The fourth-order valence-corrected chi connectivity index (χ4v) is 3.59. The molecule has 0 bridgehead atoms. The zero-order valence-electron chi connectivity index (χ0n) is 6.82. The fourth-order valence-electron chi connectivity index (χ4n) is 1.05. The molecular formula is C8H6Br4O2. The Bertz CT molecular complexity index is 330. The third-order valence-corrected chi connectivity index (χ3v) is 6.72. The maximum atomic E-state index is 9.17. The summed E-state index contributed by atoms with van der Waals surface area (Å²) in [5.41, 5.74) is 1.35. The van der Waals surface area contributed by atoms with E-state index < -0.39 is 0 Å². The minimum absolute atomic E-state index is 0.124. The van der Waals surface area contributed by atoms with Gasteiger partial charge >= 0.3 is 0 Å². The summed E-state index contributed by atoms with van der Waals surface area (Å²) in [5.74, 6) is 0. The number of benzene rings is 1. The highest BCUT2D eigenvalue weighted by Crippen LogP contribution is 2.42. The Kier molecular flexibility index (Phi) is 5.07. The lowest BCUT2D eigenvalue weighted by molar-refractivity contribution is 0.258. The van der Waals surface area contributed by atoms with Gasteiger partial charge in [-0.15, -0.1) is 0 Å². The molecule has 0 radical (unpaired) electrons. The lowest BCUT2D eigenvalue weighted by Crippen LogP contribution is -1.99. The third kappa shape index (κ3) is 2.25. The SMILES string of the molecule is OCc1c(Br)c(Br)c(Br)c(Br)c1CO. The summed E-state index contributed by atoms with van der Waals surface area (Å²) in [5, 5.41) is 18.3. The van der Waals surface area contributed by atoms with Crippen molar-refractivity contribution in [2.24, 2.45) is 0 Å². The van der Waals surface area contributed by atoms with E-state index in [0.717, 1.165) is 17.9 Å². The van der Waals surface area contributed by atoms with Gasteiger partial charge in [-0.25, -0.2) is 0 Å². The van der Waals surface area contributed by atoms with E-state index in [1.807, 2.05) is 0 Å². The van der Waals surface area contributed by atoms with Crippen molar-refractivity contribution in [2.45, 2.75) is 13.2 Å². The Morgan fingerprint density at radius 2 is 0.929 bits per heavy atom. The number of aliphatic hydroxyl groups is 2. The van der Waals surface area contributed by atoms with E-state index in [9.17, 15) is 10.2 Å². The molecule has 6 heteroatoms. The van der Waals surface area contributed by atoms with Crippen molar-refractivity contribution in [2.75, 3.05) is 0 Å². The van der Waals surface area contributed by atoms with Crippen LogP contribution in [0, 0.1) is 0 Å². The molecule has 0 amide bonds. The first-order valence-electron chi connectivity index (χ1n) is 3.60. The van der Waals surface area contributed by atoms with Gasteiger partial charge in [-0.05, 0) is 74.8 Å². The minimum Gasteiger partial charge on any atom is -0.392 e. The summed E-state index contributed by atoms with van der Waals surface area (Å²) in [6, 6.07) is 0. The molecule has 0 saturated heterocycles. The highest BCUT2D eigenvalue weighted by Gasteiger charge is 2.17. The summed E-state index contributed by atoms with van der Waals surface area (Å²) in [4.78, 5) is 0. The van der Waals surface area contributed by atoms with Crippen LogP contribution >= 0.6 is 63.7 Å². The summed E-state index contributed by atoms with van der Waals surface area (Å²) in [6.45, 7) is -0.248. The normalized spacial score (nSPS) is 10.7. The second-order valence-corrected chi connectivity index (χ2v) is 5.70. The van der Waals surface area contributed by atoms with Gasteiger partial charge in [0.2, 0.25) is 0 Å². The first-order chi connectivity index (χ1) is 6.54. The van der Waals surface area contributed by atoms with Crippen molar-refractivity contribution < 1.29 is 10.2 Å². The smallest absolute Gasteiger partial charge is 0.0697 e. The maximum Gasteiger partial charge on any atom is 0.0697 e. The average molecular weight is 454 g/mol. The van der Waals surface area contributed by atoms with Crippen molar-refractivity contribution in [1.29, 1.82) is 0 Å². The van der Waals surface area contributed by atoms with Gasteiger partial charge < -0.3 is 10.2 Å². The Hall–Kier alpha value is 1.06. The number of rotatable bonds is 2. The predicted molar refractivity (Wildman–Crippen MR) is 69.1 cm³/mol. The second-order valence-electron chi connectivity index (χ2n) is 2.53. The molecule has 1 rings (SSSR count). The molecule has 0 aliphatic carbocycles. The van der Waals surface area contributed by atoms with Crippen molar-refractivity contribution in [1.82, 2.24) is 0 Å². The third-order valence-electron chi connectivity index (χ3n) is 1.79. The van der Waals surface area contributed by atoms with Crippen LogP contribution < -0.4 is 0 Å². The summed E-state index contributed by atoms with van der Waals surface area (Å²) >= 11 is 13.4. The molecule has 0 spiro atoms. The zero-order chi connectivity index (χ0) is 10.9. The molecule has 0 heterocycles. The van der Waals surface area contributed by atoms with Crippen LogP contribution in [0.5, 0.6) is 0 Å². The molecule has 0 atom stereocenters. The molecule has 14 heavy (non-hydrogen) atoms. The Labute approximate surface area is 115 Å². The molecule has 0 aliphatic heterocycles. The van der Waals surface area contributed by atoms with E-state index in [4.69, 9.17) is 0 Å². The molecule has 1 aromatic rings. The Morgan fingerprint density at radius 1 is 0.643 bits per heavy atom. The largest absolute Gasteiger partial charge is 0.392 e. The summed E-state index contributed by atoms with van der Waals surface area (Å²) in [6.07, 6.45) is 0. The first kappa shape index (κ1) is 13.1. The second kappa shape index (κ2) is 5.41. The lowest BCUT2D eigenvalue weighted by atomic mass is 10.1. The molecule has 1 aromatic carbocycles. The van der Waals surface area contributed by atoms with E-state index in [-0.39, 0.29) is 13.2 Å². The quantitative estimate of drug-likeness (QED) is 0.529. The molecular weight excluding hydrogens is 448 g/mol. The van der Waals surface area contributed by atoms with Crippen molar-refractivity contribution in [3.63, 3.8) is 0 Å². The van der Waals surface area contributed by atoms with E-state index >= 15 is 0 Å². The zero-order valence-corrected chi connectivity index (χ0v) is 13.2. The Balaban J connectivity index is 3.57. The van der Waals surface area contributed by atoms with Crippen LogP contribution in [0.15, 0.2) is 17.9 Å². The van der Waals surface area contributed by atoms with E-state index in [0.29, 0.717) is 11.1 Å². The molecule has 2 N–H and O–H groups in total. The van der Waals surface area contributed by atoms with Crippen molar-refractivity contribution >= 4 is 63.7 Å². The molecule has 2 nitrogen and oxygen atoms in total. The van der Waals surface area contributed by atoms with E-state index in [1.54, 1.807) is 0 Å². The summed E-state index contributed by atoms with van der Waals surface area (Å²) < 4.78 is 3.12. The van der Waals surface area contributed by atoms with E-state index in [1.165, 1.54) is 0 Å². The van der Waals surface area contributed by atoms with Gasteiger partial charge in [0.15, 0.2) is 0 Å². The van der Waals surface area contributed by atoms with Gasteiger partial charge in [0.05, 0.1) is 13.2 Å². The van der Waals surface area contributed by atoms with Crippen molar-refractivity contribution in [3.8, 4) is 0 Å². The van der Waals surface area contributed by atoms with Crippen molar-refractivity contribution in [3.05, 3.63) is 29.0 Å². The molecule has 0 saturated carbocycles. The Morgan fingerprint density at radius 3 is 1.14 bits per heavy atom. The van der Waals surface area contributed by atoms with Gasteiger partial charge in [0.25, 0.3) is 0 Å². The topological polar surface area (TPSA) is 40.5 Å². The van der Waals surface area contributed by atoms with Gasteiger partial charge in [-0.2, -0.15) is 0 Å². The first-order valence-corrected chi connectivity index (χ1v) is 6.77. The van der Waals surface area contributed by atoms with Gasteiger partial charge in [-0.3, -0.25) is 0 Å². The maximum absolute atomic E-state index is 9.17. The monoisotopic (exact) mass is 450 g/mol. The van der Waals surface area contributed by atoms with Crippen LogP contribution in [-0.2, 0) is 13.2 Å². The van der Waals surface area contributed by atoms with Crippen LogP contribution in [0.3, 0.4) is 0 Å². The number of aliphatic hydroxyl groups excluding tert-OH is 2. The molecule has 0 aromatic heterocycles. The van der Waals surface area contributed by atoms with Gasteiger partial charge in [0, 0.05) is 17.9 Å². The fraction of sp³-hybridized carbons (Fsp3) is 0.250. The molecule has 78 valence electrons. The summed E-state index contributed by atoms with van der Waals surface area (Å²) in [7, 11) is 0. The average Bonchev–Trinajstić information content (AvgIpc) is 2.20. The number of hydrogen-bond acceptors (Lipinski definition) is 2. The van der Waals surface area contributed by atoms with E-state index in [2.05, 4.69) is 63.7 Å².